The van der Waals surface area contributed by atoms with Crippen molar-refractivity contribution >= 4 is 55.9 Å². The van der Waals surface area contributed by atoms with Crippen LogP contribution in [-0.4, -0.2) is 68.0 Å². The number of carbonyl (C=O) groups excluding carboxylic acids is 1. The number of ether oxygens (including phenoxy) is 2. The Morgan fingerprint density at radius 1 is 1.06 bits per heavy atom. The molecule has 2 aromatic heterocycles. The average Bonchev–Trinajstić information content (AvgIpc) is 3.59. The van der Waals surface area contributed by atoms with Gasteiger partial charge >= 0.3 is 5.97 Å². The van der Waals surface area contributed by atoms with Crippen molar-refractivity contribution in [2.24, 2.45) is 7.05 Å². The minimum Gasteiger partial charge on any atom is -0.479 e. The van der Waals surface area contributed by atoms with Gasteiger partial charge in [0.05, 0.1) is 33.6 Å². The second kappa shape index (κ2) is 12.6. The molecule has 2 saturated heterocycles. The summed E-state index contributed by atoms with van der Waals surface area (Å²) in [5.41, 5.74) is 6.20. The predicted octanol–water partition coefficient (Wildman–Crippen LogP) is 7.91. The Kier molecular flexibility index (Phi) is 8.56. The van der Waals surface area contributed by atoms with Crippen LogP contribution in [0.1, 0.15) is 68.9 Å². The average molecular weight is 687 g/mol. The molecular weight excluding hydrogens is 648 g/mol. The fourth-order valence-electron chi connectivity index (χ4n) is 6.90. The van der Waals surface area contributed by atoms with Gasteiger partial charge in [0.1, 0.15) is 11.1 Å². The third kappa shape index (κ3) is 6.11. The van der Waals surface area contributed by atoms with Gasteiger partial charge in [-0.3, -0.25) is 9.48 Å². The lowest BCUT2D eigenvalue weighted by atomic mass is 9.91. The highest BCUT2D eigenvalue weighted by Gasteiger charge is 2.35. The first-order valence-electron chi connectivity index (χ1n) is 16.4. The van der Waals surface area contributed by atoms with Gasteiger partial charge in [-0.2, -0.15) is 5.10 Å². The second-order valence-electron chi connectivity index (χ2n) is 13.8. The van der Waals surface area contributed by atoms with Crippen molar-refractivity contribution < 1.29 is 24.2 Å². The number of nitrogens with zero attached hydrogens (tertiary/aromatic N) is 4. The van der Waals surface area contributed by atoms with E-state index in [-0.39, 0.29) is 17.9 Å². The Bertz CT molecular complexity index is 2040. The van der Waals surface area contributed by atoms with Gasteiger partial charge in [-0.15, -0.1) is 11.3 Å². The molecule has 0 spiro atoms. The Labute approximate surface area is 288 Å². The highest BCUT2D eigenvalue weighted by atomic mass is 35.5. The smallest absolute Gasteiger partial charge is 0.337 e. The normalized spacial score (nSPS) is 18.0. The summed E-state index contributed by atoms with van der Waals surface area (Å²) in [6.45, 7) is 9.57. The number of carbonyl (C=O) groups is 2. The van der Waals surface area contributed by atoms with E-state index >= 15 is 0 Å². The third-order valence-electron chi connectivity index (χ3n) is 9.31. The van der Waals surface area contributed by atoms with Crippen molar-refractivity contribution in [3.05, 3.63) is 70.4 Å². The quantitative estimate of drug-likeness (QED) is 0.185. The Balaban J connectivity index is 1.30. The monoisotopic (exact) mass is 686 g/mol. The van der Waals surface area contributed by atoms with E-state index < -0.39 is 17.7 Å². The van der Waals surface area contributed by atoms with E-state index in [2.05, 4.69) is 18.2 Å². The number of thiazole rings is 1. The molecule has 2 aliphatic heterocycles. The zero-order valence-electron chi connectivity index (χ0n) is 27.7. The van der Waals surface area contributed by atoms with Crippen molar-refractivity contribution in [3.8, 4) is 21.7 Å². The van der Waals surface area contributed by atoms with E-state index in [1.807, 2.05) is 74.7 Å². The van der Waals surface area contributed by atoms with Crippen molar-refractivity contribution in [1.82, 2.24) is 19.7 Å². The molecule has 2 atom stereocenters. The largest absolute Gasteiger partial charge is 0.479 e. The van der Waals surface area contributed by atoms with Gasteiger partial charge in [0.15, 0.2) is 6.10 Å². The molecule has 9 nitrogen and oxygen atoms in total. The maximum absolute atomic E-state index is 12.8. The van der Waals surface area contributed by atoms with E-state index in [1.54, 1.807) is 11.3 Å². The topological polar surface area (TPSA) is 107 Å². The summed E-state index contributed by atoms with van der Waals surface area (Å²) in [5, 5.41) is 17.9. The van der Waals surface area contributed by atoms with Crippen LogP contribution in [-0.2, 0) is 26.1 Å². The summed E-state index contributed by atoms with van der Waals surface area (Å²) in [6, 6.07) is 15.8. The van der Waals surface area contributed by atoms with Crippen molar-refractivity contribution in [2.75, 3.05) is 19.7 Å². The molecular formula is C37H39ClN4O5S. The Hall–Kier alpha value is -3.83. The maximum atomic E-state index is 12.8. The number of carboxylic acid groups (broad SMARTS) is 1. The number of aliphatic carboxylic acids is 1. The second-order valence-corrected chi connectivity index (χ2v) is 15.2. The van der Waals surface area contributed by atoms with Crippen molar-refractivity contribution in [2.45, 2.75) is 70.7 Å². The van der Waals surface area contributed by atoms with Gasteiger partial charge in [-0.05, 0) is 88.1 Å². The fourth-order valence-corrected chi connectivity index (χ4v) is 8.14. The van der Waals surface area contributed by atoms with Crippen LogP contribution in [0.15, 0.2) is 48.5 Å². The summed E-state index contributed by atoms with van der Waals surface area (Å²) in [7, 11) is 1.97. The van der Waals surface area contributed by atoms with Gasteiger partial charge in [0.25, 0.3) is 5.91 Å². The molecule has 3 aromatic carbocycles. The molecule has 7 rings (SSSR count). The number of carboxylic acids is 1. The molecule has 11 heteroatoms. The summed E-state index contributed by atoms with van der Waals surface area (Å²) in [6.07, 6.45) is 1.07. The zero-order chi connectivity index (χ0) is 33.9. The zero-order valence-corrected chi connectivity index (χ0v) is 29.3. The first-order chi connectivity index (χ1) is 22.9. The number of likely N-dealkylation sites (tertiary alicyclic amines) is 1. The van der Waals surface area contributed by atoms with E-state index in [9.17, 15) is 14.7 Å². The molecule has 1 N–H and O–H groups in total. The summed E-state index contributed by atoms with van der Waals surface area (Å²) < 4.78 is 14.4. The number of amides is 1. The molecule has 0 bridgehead atoms. The van der Waals surface area contributed by atoms with E-state index in [1.165, 1.54) is 0 Å². The number of benzene rings is 3. The van der Waals surface area contributed by atoms with Crippen LogP contribution in [0.4, 0.5) is 0 Å². The Morgan fingerprint density at radius 2 is 1.75 bits per heavy atom. The van der Waals surface area contributed by atoms with Crippen LogP contribution in [0.3, 0.4) is 0 Å². The first-order valence-corrected chi connectivity index (χ1v) is 17.6. The molecule has 2 aliphatic rings. The lowest BCUT2D eigenvalue weighted by Gasteiger charge is -2.36. The van der Waals surface area contributed by atoms with Gasteiger partial charge in [-0.25, -0.2) is 9.78 Å². The highest BCUT2D eigenvalue weighted by molar-refractivity contribution is 7.22. The molecule has 250 valence electrons. The van der Waals surface area contributed by atoms with Crippen LogP contribution in [0.25, 0.3) is 42.8 Å². The fraction of sp³-hybridized carbons (Fsp3) is 0.405. The number of hydrogen-bond acceptors (Lipinski definition) is 7. The first kappa shape index (κ1) is 32.7. The van der Waals surface area contributed by atoms with Crippen LogP contribution < -0.4 is 0 Å². The molecule has 0 saturated carbocycles. The van der Waals surface area contributed by atoms with Crippen LogP contribution in [0.5, 0.6) is 0 Å². The third-order valence-corrected chi connectivity index (χ3v) is 10.7. The molecule has 48 heavy (non-hydrogen) atoms. The number of aryl methyl sites for hydroxylation is 2. The summed E-state index contributed by atoms with van der Waals surface area (Å²) >= 11 is 7.82. The molecule has 1 unspecified atom stereocenters. The minimum atomic E-state index is -1.18. The van der Waals surface area contributed by atoms with Gasteiger partial charge < -0.3 is 19.5 Å². The molecule has 4 heterocycles. The van der Waals surface area contributed by atoms with E-state index in [0.717, 1.165) is 73.3 Å². The van der Waals surface area contributed by atoms with Gasteiger partial charge in [0, 0.05) is 59.6 Å². The number of hydrogen-bond donors (Lipinski definition) is 1. The molecule has 2 fully saturated rings. The number of halogens is 1. The molecule has 1 amide bonds. The predicted molar refractivity (Wildman–Crippen MR) is 189 cm³/mol. The molecule has 0 aliphatic carbocycles. The van der Waals surface area contributed by atoms with E-state index in [4.69, 9.17) is 31.2 Å². The lowest BCUT2D eigenvalue weighted by molar-refractivity contribution is -0.160. The van der Waals surface area contributed by atoms with Gasteiger partial charge in [0.2, 0.25) is 0 Å². The van der Waals surface area contributed by atoms with Gasteiger partial charge in [-0.1, -0.05) is 23.7 Å². The standard InChI is InChI=1S/C37H39ClN4O5S/c1-20-18-26-33(30(21-6-9-24(38)10-7-21)29(20)32(36(44)45)47-37(2,3)4)48-34(39-26)23-8-11-27-25(19-23)31(40-41(27)5)22-12-15-42(16-13-22)35(43)28-14-17-46-28/h6-11,18-19,22,28,32H,12-17H2,1-5H3,(H,44,45)/t28?,32-/m0/s1. The number of piperidine rings is 1. The number of fused-ring (bicyclic) bond motifs is 2. The van der Waals surface area contributed by atoms with E-state index in [0.29, 0.717) is 30.3 Å². The summed E-state index contributed by atoms with van der Waals surface area (Å²) in [5.74, 6) is -0.698. The molecule has 0 radical (unpaired) electrons. The highest BCUT2D eigenvalue weighted by Crippen LogP contribution is 2.45. The van der Waals surface area contributed by atoms with Crippen LogP contribution in [0.2, 0.25) is 5.02 Å². The summed E-state index contributed by atoms with van der Waals surface area (Å²) in [4.78, 5) is 32.5. The Morgan fingerprint density at radius 3 is 2.38 bits per heavy atom. The lowest BCUT2D eigenvalue weighted by Crippen LogP contribution is -2.48. The van der Waals surface area contributed by atoms with Crippen LogP contribution in [0, 0.1) is 6.92 Å². The molecule has 5 aromatic rings. The number of rotatable bonds is 7. The van der Waals surface area contributed by atoms with Crippen molar-refractivity contribution in [1.29, 1.82) is 0 Å². The number of aromatic nitrogens is 3. The minimum absolute atomic E-state index is 0.111. The maximum Gasteiger partial charge on any atom is 0.337 e. The van der Waals surface area contributed by atoms with Crippen LogP contribution >= 0.6 is 22.9 Å². The SMILES string of the molecule is Cc1cc2nc(-c3ccc4c(c3)c(C3CCN(C(=O)C5CCO5)CC3)nn4C)sc2c(-c2ccc(Cl)cc2)c1[C@H](OC(C)(C)C)C(=O)O. The van der Waals surface area contributed by atoms with Crippen molar-refractivity contribution in [3.63, 3.8) is 0 Å².